The van der Waals surface area contributed by atoms with Crippen molar-refractivity contribution in [3.8, 4) is 5.69 Å². The number of hydrogen-bond acceptors (Lipinski definition) is 6. The molecule has 1 aromatic carbocycles. The van der Waals surface area contributed by atoms with Gasteiger partial charge in [-0.05, 0) is 42.7 Å². The average molecular weight is 364 g/mol. The first kappa shape index (κ1) is 17.5. The topological polar surface area (TPSA) is 70.3 Å². The minimum Gasteiger partial charge on any atom is -0.391 e. The quantitative estimate of drug-likeness (QED) is 0.749. The monoisotopic (exact) mass is 364 g/mol. The van der Waals surface area contributed by atoms with Crippen molar-refractivity contribution in [2.75, 3.05) is 29.9 Å². The van der Waals surface area contributed by atoms with Crippen LogP contribution in [0, 0.1) is 0 Å². The third kappa shape index (κ3) is 4.09. The maximum absolute atomic E-state index is 9.92. The van der Waals surface area contributed by atoms with Crippen LogP contribution in [0.1, 0.15) is 18.4 Å². The summed E-state index contributed by atoms with van der Waals surface area (Å²) in [6.07, 6.45) is 7.06. The van der Waals surface area contributed by atoms with E-state index < -0.39 is 0 Å². The number of anilines is 2. The van der Waals surface area contributed by atoms with Crippen molar-refractivity contribution < 1.29 is 5.11 Å². The third-order valence-corrected chi connectivity index (χ3v) is 4.79. The van der Waals surface area contributed by atoms with Crippen LogP contribution in [0.15, 0.2) is 55.0 Å². The van der Waals surface area contributed by atoms with Gasteiger partial charge >= 0.3 is 0 Å². The number of β-amino-alcohol motifs (C(OH)–C–C–N with tert-alkyl or cyclic N) is 1. The maximum atomic E-state index is 9.92. The van der Waals surface area contributed by atoms with E-state index in [0.717, 1.165) is 36.5 Å². The molecule has 140 valence electrons. The molecule has 7 heteroatoms. The average Bonchev–Trinajstić information content (AvgIpc) is 3.23. The Morgan fingerprint density at radius 3 is 2.96 bits per heavy atom. The van der Waals surface area contributed by atoms with Crippen molar-refractivity contribution in [1.82, 2.24) is 19.7 Å². The second kappa shape index (κ2) is 7.75. The van der Waals surface area contributed by atoms with Gasteiger partial charge in [-0.2, -0.15) is 10.1 Å². The first-order valence-corrected chi connectivity index (χ1v) is 9.25. The normalized spacial score (nSPS) is 17.1. The lowest BCUT2D eigenvalue weighted by molar-refractivity contribution is 0.154. The van der Waals surface area contributed by atoms with Gasteiger partial charge in [-0.25, -0.2) is 9.67 Å². The van der Waals surface area contributed by atoms with Gasteiger partial charge in [-0.15, -0.1) is 0 Å². The number of piperidine rings is 1. The second-order valence-corrected chi connectivity index (χ2v) is 6.93. The molecule has 7 nitrogen and oxygen atoms in total. The molecule has 1 aliphatic heterocycles. The minimum atomic E-state index is -0.278. The summed E-state index contributed by atoms with van der Waals surface area (Å²) < 4.78 is 1.85. The summed E-state index contributed by atoms with van der Waals surface area (Å²) >= 11 is 0. The number of aromatic nitrogens is 4. The Hall–Kier alpha value is -2.93. The molecule has 0 amide bonds. The lowest BCUT2D eigenvalue weighted by atomic mass is 10.1. The fourth-order valence-electron chi connectivity index (χ4n) is 3.43. The van der Waals surface area contributed by atoms with Gasteiger partial charge in [0.2, 0.25) is 5.95 Å². The summed E-state index contributed by atoms with van der Waals surface area (Å²) in [5, 5.41) is 14.2. The summed E-state index contributed by atoms with van der Waals surface area (Å²) in [5.41, 5.74) is 2.19. The van der Waals surface area contributed by atoms with Gasteiger partial charge < -0.3 is 14.9 Å². The van der Waals surface area contributed by atoms with Crippen LogP contribution < -0.4 is 9.80 Å². The zero-order valence-corrected chi connectivity index (χ0v) is 15.4. The van der Waals surface area contributed by atoms with Gasteiger partial charge in [-0.1, -0.05) is 12.1 Å². The lowest BCUT2D eigenvalue weighted by Gasteiger charge is -2.31. The Bertz CT molecular complexity index is 882. The molecule has 4 rings (SSSR count). The number of aliphatic hydroxyl groups excluding tert-OH is 1. The van der Waals surface area contributed by atoms with E-state index in [-0.39, 0.29) is 6.10 Å². The van der Waals surface area contributed by atoms with E-state index >= 15 is 0 Å². The Labute approximate surface area is 158 Å². The number of aliphatic hydroxyl groups is 1. The molecular weight excluding hydrogens is 340 g/mol. The molecule has 3 heterocycles. The van der Waals surface area contributed by atoms with Gasteiger partial charge in [0.15, 0.2) is 0 Å². The molecule has 1 unspecified atom stereocenters. The molecule has 0 saturated carbocycles. The smallest absolute Gasteiger partial charge is 0.227 e. The number of benzene rings is 1. The summed E-state index contributed by atoms with van der Waals surface area (Å²) in [6.45, 7) is 2.25. The molecule has 1 saturated heterocycles. The summed E-state index contributed by atoms with van der Waals surface area (Å²) in [5.74, 6) is 1.55. The molecule has 1 N–H and O–H groups in total. The van der Waals surface area contributed by atoms with Crippen molar-refractivity contribution in [2.45, 2.75) is 25.5 Å². The first-order chi connectivity index (χ1) is 13.2. The van der Waals surface area contributed by atoms with E-state index in [1.807, 2.05) is 47.1 Å². The molecule has 0 bridgehead atoms. The van der Waals surface area contributed by atoms with E-state index in [4.69, 9.17) is 4.98 Å². The predicted molar refractivity (Wildman–Crippen MR) is 105 cm³/mol. The van der Waals surface area contributed by atoms with Crippen molar-refractivity contribution in [3.05, 3.63) is 60.6 Å². The van der Waals surface area contributed by atoms with E-state index in [0.29, 0.717) is 19.0 Å². The Morgan fingerprint density at radius 1 is 1.22 bits per heavy atom. The minimum absolute atomic E-state index is 0.278. The van der Waals surface area contributed by atoms with Crippen molar-refractivity contribution in [3.63, 3.8) is 0 Å². The highest BCUT2D eigenvalue weighted by Crippen LogP contribution is 2.20. The predicted octanol–water partition coefficient (Wildman–Crippen LogP) is 2.26. The highest BCUT2D eigenvalue weighted by atomic mass is 16.3. The van der Waals surface area contributed by atoms with Crippen LogP contribution in [0.5, 0.6) is 0 Å². The zero-order chi connectivity index (χ0) is 18.6. The van der Waals surface area contributed by atoms with Crippen LogP contribution in [0.25, 0.3) is 5.69 Å². The molecule has 1 fully saturated rings. The van der Waals surface area contributed by atoms with E-state index in [1.54, 1.807) is 12.4 Å². The number of rotatable bonds is 5. The van der Waals surface area contributed by atoms with Gasteiger partial charge in [0.25, 0.3) is 0 Å². The number of nitrogens with zero attached hydrogens (tertiary/aromatic N) is 6. The Balaban J connectivity index is 1.49. The number of hydrogen-bond donors (Lipinski definition) is 1. The molecule has 27 heavy (non-hydrogen) atoms. The maximum Gasteiger partial charge on any atom is 0.227 e. The van der Waals surface area contributed by atoms with E-state index in [2.05, 4.69) is 27.1 Å². The van der Waals surface area contributed by atoms with Crippen LogP contribution in [0.4, 0.5) is 11.8 Å². The van der Waals surface area contributed by atoms with Crippen molar-refractivity contribution in [2.24, 2.45) is 0 Å². The molecule has 1 aliphatic rings. The highest BCUT2D eigenvalue weighted by Gasteiger charge is 2.19. The van der Waals surface area contributed by atoms with Crippen molar-refractivity contribution in [1.29, 1.82) is 0 Å². The fraction of sp³-hybridized carbons (Fsp3) is 0.350. The Morgan fingerprint density at radius 2 is 2.15 bits per heavy atom. The Kier molecular flexibility index (Phi) is 5.02. The van der Waals surface area contributed by atoms with E-state index in [9.17, 15) is 5.11 Å². The van der Waals surface area contributed by atoms with Crippen LogP contribution in [-0.2, 0) is 6.54 Å². The molecule has 0 spiro atoms. The SMILES string of the molecule is CN(Cc1cccc(-n2cccn2)c1)c1nccc(N2CCCC(O)C2)n1. The summed E-state index contributed by atoms with van der Waals surface area (Å²) in [7, 11) is 1.99. The van der Waals surface area contributed by atoms with Gasteiger partial charge in [-0.3, -0.25) is 0 Å². The van der Waals surface area contributed by atoms with Crippen LogP contribution in [0.2, 0.25) is 0 Å². The summed E-state index contributed by atoms with van der Waals surface area (Å²) in [4.78, 5) is 13.3. The second-order valence-electron chi connectivity index (χ2n) is 6.93. The molecular formula is C20H24N6O. The molecule has 0 aliphatic carbocycles. The highest BCUT2D eigenvalue weighted by molar-refractivity contribution is 5.45. The standard InChI is InChI=1S/C20H24N6O/c1-24(14-16-5-2-6-17(13-16)26-12-4-9-22-26)20-21-10-8-19(23-20)25-11-3-7-18(27)15-25/h2,4-6,8-10,12-13,18,27H,3,7,11,14-15H2,1H3. The zero-order valence-electron chi connectivity index (χ0n) is 15.4. The van der Waals surface area contributed by atoms with Crippen LogP contribution in [-0.4, -0.2) is 51.1 Å². The van der Waals surface area contributed by atoms with Gasteiger partial charge in [0.05, 0.1) is 11.8 Å². The van der Waals surface area contributed by atoms with Crippen LogP contribution in [0.3, 0.4) is 0 Å². The van der Waals surface area contributed by atoms with Crippen LogP contribution >= 0.6 is 0 Å². The first-order valence-electron chi connectivity index (χ1n) is 9.25. The largest absolute Gasteiger partial charge is 0.391 e. The summed E-state index contributed by atoms with van der Waals surface area (Å²) in [6, 6.07) is 12.1. The third-order valence-electron chi connectivity index (χ3n) is 4.79. The molecule has 0 radical (unpaired) electrons. The van der Waals surface area contributed by atoms with Crippen molar-refractivity contribution >= 4 is 11.8 Å². The van der Waals surface area contributed by atoms with Gasteiger partial charge in [0, 0.05) is 45.3 Å². The van der Waals surface area contributed by atoms with Gasteiger partial charge in [0.1, 0.15) is 5.82 Å². The molecule has 2 aromatic heterocycles. The van der Waals surface area contributed by atoms with E-state index in [1.165, 1.54) is 0 Å². The fourth-order valence-corrected chi connectivity index (χ4v) is 3.43. The molecule has 1 atom stereocenters. The lowest BCUT2D eigenvalue weighted by Crippen LogP contribution is -2.38. The molecule has 3 aromatic rings.